The zero-order chi connectivity index (χ0) is 14.3. The fraction of sp³-hybridized carbons (Fsp3) is 0.214. The Morgan fingerprint density at radius 2 is 2.20 bits per heavy atom. The molecule has 0 unspecified atom stereocenters. The minimum Gasteiger partial charge on any atom is -0.481 e. The van der Waals surface area contributed by atoms with Gasteiger partial charge in [-0.1, -0.05) is 6.07 Å². The molecule has 0 spiro atoms. The molecule has 3 heterocycles. The van der Waals surface area contributed by atoms with Gasteiger partial charge in [-0.05, 0) is 26.0 Å². The summed E-state index contributed by atoms with van der Waals surface area (Å²) >= 11 is 1.57. The van der Waals surface area contributed by atoms with Crippen molar-refractivity contribution in [2.24, 2.45) is 0 Å². The topological polar surface area (TPSA) is 67.5 Å². The maximum Gasteiger partial charge on any atom is 0.309 e. The Hall–Kier alpha value is -2.21. The van der Waals surface area contributed by atoms with Gasteiger partial charge in [0, 0.05) is 16.8 Å². The van der Waals surface area contributed by atoms with Crippen LogP contribution in [0.25, 0.3) is 16.3 Å². The molecule has 3 aromatic rings. The van der Waals surface area contributed by atoms with Crippen molar-refractivity contribution in [2.75, 3.05) is 0 Å². The fourth-order valence-electron chi connectivity index (χ4n) is 2.23. The third kappa shape index (κ3) is 1.98. The molecule has 20 heavy (non-hydrogen) atoms. The Morgan fingerprint density at radius 1 is 1.40 bits per heavy atom. The van der Waals surface area contributed by atoms with Crippen LogP contribution < -0.4 is 0 Å². The van der Waals surface area contributed by atoms with Crippen LogP contribution in [0.1, 0.15) is 16.3 Å². The molecular weight excluding hydrogens is 274 g/mol. The van der Waals surface area contributed by atoms with E-state index in [1.54, 1.807) is 17.5 Å². The molecule has 0 radical (unpaired) electrons. The average molecular weight is 287 g/mol. The standard InChI is InChI=1S/C14H13N3O2S/c1-8-9(2)20-14-16-13(10-5-3-4-6-15-10)11(17(8)14)7-12(18)19/h3-6H,7H2,1-2H3,(H,18,19). The third-order valence-electron chi connectivity index (χ3n) is 3.26. The summed E-state index contributed by atoms with van der Waals surface area (Å²) in [6, 6.07) is 5.55. The monoisotopic (exact) mass is 287 g/mol. The molecule has 0 fully saturated rings. The van der Waals surface area contributed by atoms with Gasteiger partial charge in [0.15, 0.2) is 4.96 Å². The number of aliphatic carboxylic acids is 1. The summed E-state index contributed by atoms with van der Waals surface area (Å²) in [7, 11) is 0. The van der Waals surface area contributed by atoms with Crippen LogP contribution in [0.4, 0.5) is 0 Å². The Morgan fingerprint density at radius 3 is 2.85 bits per heavy atom. The molecule has 102 valence electrons. The number of hydrogen-bond donors (Lipinski definition) is 1. The summed E-state index contributed by atoms with van der Waals surface area (Å²) in [5, 5.41) is 9.16. The predicted octanol–water partition coefficient (Wildman–Crippen LogP) is 2.70. The first-order chi connectivity index (χ1) is 9.58. The first kappa shape index (κ1) is 12.8. The minimum absolute atomic E-state index is 0.0654. The maximum atomic E-state index is 11.2. The summed E-state index contributed by atoms with van der Waals surface area (Å²) in [5.41, 5.74) is 3.09. The van der Waals surface area contributed by atoms with E-state index in [0.717, 1.165) is 15.5 Å². The van der Waals surface area contributed by atoms with E-state index >= 15 is 0 Å². The van der Waals surface area contributed by atoms with E-state index in [0.29, 0.717) is 17.1 Å². The van der Waals surface area contributed by atoms with Crippen molar-refractivity contribution in [1.29, 1.82) is 0 Å². The van der Waals surface area contributed by atoms with E-state index in [1.165, 1.54) is 0 Å². The number of aryl methyl sites for hydroxylation is 2. The summed E-state index contributed by atoms with van der Waals surface area (Å²) in [6.45, 7) is 3.99. The lowest BCUT2D eigenvalue weighted by atomic mass is 10.2. The summed E-state index contributed by atoms with van der Waals surface area (Å²) in [5.74, 6) is -0.868. The molecule has 0 aliphatic carbocycles. The first-order valence-corrected chi connectivity index (χ1v) is 7.00. The number of carboxylic acid groups (broad SMARTS) is 1. The third-order valence-corrected chi connectivity index (χ3v) is 4.32. The van der Waals surface area contributed by atoms with Gasteiger partial charge in [-0.15, -0.1) is 11.3 Å². The van der Waals surface area contributed by atoms with Gasteiger partial charge in [0.1, 0.15) is 5.69 Å². The number of carbonyl (C=O) groups is 1. The summed E-state index contributed by atoms with van der Waals surface area (Å²) < 4.78 is 1.93. The van der Waals surface area contributed by atoms with Gasteiger partial charge in [-0.2, -0.15) is 0 Å². The van der Waals surface area contributed by atoms with Gasteiger partial charge in [0.05, 0.1) is 17.8 Å². The van der Waals surface area contributed by atoms with Gasteiger partial charge in [-0.3, -0.25) is 14.2 Å². The predicted molar refractivity (Wildman–Crippen MR) is 77.1 cm³/mol. The smallest absolute Gasteiger partial charge is 0.309 e. The van der Waals surface area contributed by atoms with Crippen LogP contribution in [0.15, 0.2) is 24.4 Å². The maximum absolute atomic E-state index is 11.2. The second kappa shape index (κ2) is 4.72. The molecular formula is C14H13N3O2S. The number of pyridine rings is 1. The number of fused-ring (bicyclic) bond motifs is 1. The van der Waals surface area contributed by atoms with E-state index in [2.05, 4.69) is 9.97 Å². The van der Waals surface area contributed by atoms with Crippen LogP contribution >= 0.6 is 11.3 Å². The molecule has 0 atom stereocenters. The Kier molecular flexibility index (Phi) is 3.02. The molecule has 0 bridgehead atoms. The lowest BCUT2D eigenvalue weighted by Crippen LogP contribution is -2.05. The molecule has 3 aromatic heterocycles. The molecule has 5 nitrogen and oxygen atoms in total. The van der Waals surface area contributed by atoms with E-state index in [-0.39, 0.29) is 6.42 Å². The lowest BCUT2D eigenvalue weighted by Gasteiger charge is -2.03. The molecule has 0 saturated carbocycles. The quantitative estimate of drug-likeness (QED) is 0.804. The van der Waals surface area contributed by atoms with Gasteiger partial charge in [-0.25, -0.2) is 4.98 Å². The first-order valence-electron chi connectivity index (χ1n) is 6.18. The van der Waals surface area contributed by atoms with Crippen LogP contribution in [0, 0.1) is 13.8 Å². The highest BCUT2D eigenvalue weighted by atomic mass is 32.1. The molecule has 0 saturated heterocycles. The van der Waals surface area contributed by atoms with E-state index < -0.39 is 5.97 Å². The molecule has 1 N–H and O–H groups in total. The molecule has 6 heteroatoms. The van der Waals surface area contributed by atoms with E-state index in [9.17, 15) is 4.79 Å². The Labute approximate surface area is 119 Å². The highest BCUT2D eigenvalue weighted by Crippen LogP contribution is 2.30. The van der Waals surface area contributed by atoms with Crippen molar-refractivity contribution in [2.45, 2.75) is 20.3 Å². The number of carboxylic acids is 1. The molecule has 0 aliphatic rings. The van der Waals surface area contributed by atoms with Crippen molar-refractivity contribution in [1.82, 2.24) is 14.4 Å². The zero-order valence-electron chi connectivity index (χ0n) is 11.1. The van der Waals surface area contributed by atoms with Gasteiger partial charge < -0.3 is 5.11 Å². The van der Waals surface area contributed by atoms with Gasteiger partial charge in [0.2, 0.25) is 0 Å². The number of hydrogen-bond acceptors (Lipinski definition) is 4. The Bertz CT molecular complexity index is 790. The second-order valence-electron chi connectivity index (χ2n) is 4.55. The van der Waals surface area contributed by atoms with E-state index in [4.69, 9.17) is 5.11 Å². The van der Waals surface area contributed by atoms with Crippen molar-refractivity contribution in [3.63, 3.8) is 0 Å². The number of thiazole rings is 1. The highest BCUT2D eigenvalue weighted by Gasteiger charge is 2.20. The zero-order valence-corrected chi connectivity index (χ0v) is 11.9. The minimum atomic E-state index is -0.868. The average Bonchev–Trinajstić information content (AvgIpc) is 2.89. The number of nitrogens with zero attached hydrogens (tertiary/aromatic N) is 3. The van der Waals surface area contributed by atoms with Crippen LogP contribution in [0.5, 0.6) is 0 Å². The molecule has 0 aromatic carbocycles. The van der Waals surface area contributed by atoms with E-state index in [1.807, 2.05) is 36.4 Å². The second-order valence-corrected chi connectivity index (χ2v) is 5.74. The summed E-state index contributed by atoms with van der Waals surface area (Å²) in [4.78, 5) is 22.0. The van der Waals surface area contributed by atoms with Crippen LogP contribution in [0.2, 0.25) is 0 Å². The Balaban J connectivity index is 2.29. The van der Waals surface area contributed by atoms with Crippen LogP contribution in [-0.2, 0) is 11.2 Å². The largest absolute Gasteiger partial charge is 0.481 e. The highest BCUT2D eigenvalue weighted by molar-refractivity contribution is 7.17. The number of imidazole rings is 1. The fourth-order valence-corrected chi connectivity index (χ4v) is 3.22. The molecule has 0 amide bonds. The summed E-state index contributed by atoms with van der Waals surface area (Å²) in [6.07, 6.45) is 1.62. The van der Waals surface area contributed by atoms with Crippen molar-refractivity contribution >= 4 is 22.3 Å². The SMILES string of the molecule is Cc1sc2nc(-c3ccccn3)c(CC(=O)O)n2c1C. The molecule has 3 rings (SSSR count). The molecule has 0 aliphatic heterocycles. The normalized spacial score (nSPS) is 11.1. The van der Waals surface area contributed by atoms with Crippen molar-refractivity contribution in [3.8, 4) is 11.4 Å². The number of aromatic nitrogens is 3. The lowest BCUT2D eigenvalue weighted by molar-refractivity contribution is -0.136. The van der Waals surface area contributed by atoms with Gasteiger partial charge >= 0.3 is 5.97 Å². The van der Waals surface area contributed by atoms with Crippen LogP contribution in [0.3, 0.4) is 0 Å². The number of rotatable bonds is 3. The van der Waals surface area contributed by atoms with Crippen molar-refractivity contribution in [3.05, 3.63) is 40.7 Å². The van der Waals surface area contributed by atoms with Crippen LogP contribution in [-0.4, -0.2) is 25.4 Å². The van der Waals surface area contributed by atoms with Gasteiger partial charge in [0.25, 0.3) is 0 Å². The van der Waals surface area contributed by atoms with Crippen molar-refractivity contribution < 1.29 is 9.90 Å².